The Balaban J connectivity index is 2.26. The summed E-state index contributed by atoms with van der Waals surface area (Å²) in [5.74, 6) is -0.784. The highest BCUT2D eigenvalue weighted by atomic mass is 16.6. The summed E-state index contributed by atoms with van der Waals surface area (Å²) >= 11 is 0. The summed E-state index contributed by atoms with van der Waals surface area (Å²) in [6.45, 7) is 0. The van der Waals surface area contributed by atoms with E-state index in [4.69, 9.17) is 5.73 Å². The highest BCUT2D eigenvalue weighted by Crippen LogP contribution is 2.55. The van der Waals surface area contributed by atoms with Crippen molar-refractivity contribution in [3.63, 3.8) is 0 Å². The number of rotatable bonds is 2. The number of fused-ring (bicyclic) bond motifs is 1. The van der Waals surface area contributed by atoms with Crippen LogP contribution < -0.4 is 5.73 Å². The molecule has 0 heterocycles. The van der Waals surface area contributed by atoms with Gasteiger partial charge in [-0.3, -0.25) is 10.1 Å². The molecule has 0 saturated heterocycles. The predicted octanol–water partition coefficient (Wildman–Crippen LogP) is 3.19. The molecule has 0 saturated carbocycles. The molecular weight excluding hydrogens is 330 g/mol. The van der Waals surface area contributed by atoms with E-state index in [1.54, 1.807) is 12.1 Å². The fourth-order valence-electron chi connectivity index (χ4n) is 4.05. The molecular formula is C19H15N5O2. The van der Waals surface area contributed by atoms with Crippen LogP contribution in [-0.4, -0.2) is 4.92 Å². The molecule has 0 bridgehead atoms. The molecule has 0 radical (unpaired) electrons. The first-order valence-corrected chi connectivity index (χ1v) is 8.17. The number of hydrogen-bond acceptors (Lipinski definition) is 6. The Labute approximate surface area is 150 Å². The number of nitro benzene ring substituents is 1. The van der Waals surface area contributed by atoms with Crippen LogP contribution in [0.4, 0.5) is 5.69 Å². The molecule has 2 aliphatic rings. The average Bonchev–Trinajstić information content (AvgIpc) is 2.67. The Morgan fingerprint density at radius 3 is 2.38 bits per heavy atom. The molecule has 26 heavy (non-hydrogen) atoms. The average molecular weight is 345 g/mol. The maximum Gasteiger partial charge on any atom is 0.269 e. The van der Waals surface area contributed by atoms with Crippen molar-refractivity contribution in [2.45, 2.75) is 25.2 Å². The fourth-order valence-corrected chi connectivity index (χ4v) is 4.05. The summed E-state index contributed by atoms with van der Waals surface area (Å²) < 4.78 is 0. The van der Waals surface area contributed by atoms with Gasteiger partial charge in [-0.05, 0) is 36.3 Å². The Hall–Kier alpha value is -3.63. The van der Waals surface area contributed by atoms with Crippen LogP contribution in [0.2, 0.25) is 0 Å². The molecule has 0 amide bonds. The quantitative estimate of drug-likeness (QED) is 0.644. The van der Waals surface area contributed by atoms with E-state index in [1.807, 2.05) is 18.2 Å². The minimum Gasteiger partial charge on any atom is -0.399 e. The molecule has 0 fully saturated rings. The van der Waals surface area contributed by atoms with Gasteiger partial charge in [0.1, 0.15) is 6.07 Å². The Morgan fingerprint density at radius 2 is 1.85 bits per heavy atom. The number of allylic oxidation sites excluding steroid dienone is 4. The van der Waals surface area contributed by atoms with Crippen LogP contribution in [0.3, 0.4) is 0 Å². The zero-order valence-electron chi connectivity index (χ0n) is 13.8. The van der Waals surface area contributed by atoms with Gasteiger partial charge in [-0.1, -0.05) is 18.2 Å². The summed E-state index contributed by atoms with van der Waals surface area (Å²) in [4.78, 5) is 10.4. The second-order valence-corrected chi connectivity index (χ2v) is 6.46. The van der Waals surface area contributed by atoms with Gasteiger partial charge in [0, 0.05) is 18.1 Å². The lowest BCUT2D eigenvalue weighted by Gasteiger charge is -2.43. The Kier molecular flexibility index (Phi) is 4.20. The SMILES string of the molecule is N#CC1=C(N)C(C#N)(C#N)C(c2ccc([N+](=O)[O-])cc2)C2CCCC=C12. The van der Waals surface area contributed by atoms with E-state index in [-0.39, 0.29) is 22.9 Å². The standard InChI is InChI=1S/C19H15N5O2/c20-9-16-14-3-1-2-4-15(14)17(19(10-21,11-22)18(16)23)12-5-7-13(8-6-12)24(25)26/h3,5-8,15,17H,1-2,4,23H2. The number of nitro groups is 1. The topological polar surface area (TPSA) is 141 Å². The molecule has 2 atom stereocenters. The lowest BCUT2D eigenvalue weighted by atomic mass is 9.57. The lowest BCUT2D eigenvalue weighted by Crippen LogP contribution is -2.42. The zero-order chi connectivity index (χ0) is 18.9. The minimum absolute atomic E-state index is 0.0299. The van der Waals surface area contributed by atoms with E-state index in [0.717, 1.165) is 24.8 Å². The molecule has 0 aromatic heterocycles. The predicted molar refractivity (Wildman–Crippen MR) is 91.7 cm³/mol. The van der Waals surface area contributed by atoms with Crippen LogP contribution in [0.25, 0.3) is 0 Å². The molecule has 128 valence electrons. The van der Waals surface area contributed by atoms with Crippen molar-refractivity contribution in [3.8, 4) is 18.2 Å². The summed E-state index contributed by atoms with van der Waals surface area (Å²) in [5.41, 5.74) is 6.02. The van der Waals surface area contributed by atoms with Crippen LogP contribution in [0.15, 0.2) is 47.2 Å². The molecule has 7 heteroatoms. The third-order valence-electron chi connectivity index (χ3n) is 5.26. The van der Waals surface area contributed by atoms with Crippen molar-refractivity contribution in [1.82, 2.24) is 0 Å². The molecule has 1 aromatic carbocycles. The normalized spacial score (nSPS) is 23.7. The monoisotopic (exact) mass is 345 g/mol. The van der Waals surface area contributed by atoms with Crippen molar-refractivity contribution in [2.24, 2.45) is 17.1 Å². The number of hydrogen-bond donors (Lipinski definition) is 1. The molecule has 1 aromatic rings. The van der Waals surface area contributed by atoms with Gasteiger partial charge < -0.3 is 5.73 Å². The number of nitrogens with zero attached hydrogens (tertiary/aromatic N) is 4. The molecule has 7 nitrogen and oxygen atoms in total. The third-order valence-corrected chi connectivity index (χ3v) is 5.26. The van der Waals surface area contributed by atoms with E-state index >= 15 is 0 Å². The Bertz CT molecular complexity index is 940. The van der Waals surface area contributed by atoms with Crippen LogP contribution >= 0.6 is 0 Å². The minimum atomic E-state index is -1.68. The van der Waals surface area contributed by atoms with Gasteiger partial charge in [-0.15, -0.1) is 0 Å². The highest BCUT2D eigenvalue weighted by molar-refractivity contribution is 5.59. The van der Waals surface area contributed by atoms with Gasteiger partial charge in [0.05, 0.1) is 28.3 Å². The third kappa shape index (κ3) is 2.32. The van der Waals surface area contributed by atoms with Crippen molar-refractivity contribution < 1.29 is 4.92 Å². The zero-order valence-corrected chi connectivity index (χ0v) is 13.8. The summed E-state index contributed by atoms with van der Waals surface area (Å²) in [7, 11) is 0. The van der Waals surface area contributed by atoms with Crippen molar-refractivity contribution in [2.75, 3.05) is 0 Å². The molecule has 2 aliphatic carbocycles. The van der Waals surface area contributed by atoms with Gasteiger partial charge in [-0.25, -0.2) is 0 Å². The van der Waals surface area contributed by atoms with E-state index < -0.39 is 16.3 Å². The van der Waals surface area contributed by atoms with E-state index in [2.05, 4.69) is 6.07 Å². The van der Waals surface area contributed by atoms with Crippen LogP contribution in [-0.2, 0) is 0 Å². The molecule has 3 rings (SSSR count). The van der Waals surface area contributed by atoms with Gasteiger partial charge in [-0.2, -0.15) is 15.8 Å². The second kappa shape index (κ2) is 6.35. The van der Waals surface area contributed by atoms with Crippen LogP contribution in [0.1, 0.15) is 30.7 Å². The van der Waals surface area contributed by atoms with Gasteiger partial charge in [0.25, 0.3) is 5.69 Å². The smallest absolute Gasteiger partial charge is 0.269 e. The van der Waals surface area contributed by atoms with Crippen LogP contribution in [0, 0.1) is 55.4 Å². The maximum atomic E-state index is 10.9. The first-order chi connectivity index (χ1) is 12.5. The maximum absolute atomic E-state index is 10.9. The first-order valence-electron chi connectivity index (χ1n) is 8.17. The number of benzene rings is 1. The number of nitriles is 3. The van der Waals surface area contributed by atoms with Crippen molar-refractivity contribution in [1.29, 1.82) is 15.8 Å². The molecule has 0 aliphatic heterocycles. The number of non-ortho nitro benzene ring substituents is 1. The van der Waals surface area contributed by atoms with Gasteiger partial charge in [0.2, 0.25) is 0 Å². The fraction of sp³-hybridized carbons (Fsp3) is 0.316. The van der Waals surface area contributed by atoms with E-state index in [9.17, 15) is 25.9 Å². The molecule has 0 spiro atoms. The van der Waals surface area contributed by atoms with Crippen molar-refractivity contribution in [3.05, 3.63) is 62.9 Å². The largest absolute Gasteiger partial charge is 0.399 e. The van der Waals surface area contributed by atoms with Crippen molar-refractivity contribution >= 4 is 5.69 Å². The van der Waals surface area contributed by atoms with E-state index in [0.29, 0.717) is 5.56 Å². The summed E-state index contributed by atoms with van der Waals surface area (Å²) in [6, 6.07) is 12.0. The lowest BCUT2D eigenvalue weighted by molar-refractivity contribution is -0.384. The molecule has 2 N–H and O–H groups in total. The van der Waals surface area contributed by atoms with Crippen LogP contribution in [0.5, 0.6) is 0 Å². The summed E-state index contributed by atoms with van der Waals surface area (Å²) in [5, 5.41) is 40.2. The summed E-state index contributed by atoms with van der Waals surface area (Å²) in [6.07, 6.45) is 4.36. The van der Waals surface area contributed by atoms with Gasteiger partial charge >= 0.3 is 0 Å². The number of nitrogens with two attached hydrogens (primary N) is 1. The second-order valence-electron chi connectivity index (χ2n) is 6.46. The Morgan fingerprint density at radius 1 is 1.19 bits per heavy atom. The highest BCUT2D eigenvalue weighted by Gasteiger charge is 2.53. The molecule has 2 unspecified atom stereocenters. The van der Waals surface area contributed by atoms with E-state index in [1.165, 1.54) is 12.1 Å². The first kappa shape index (κ1) is 17.2. The van der Waals surface area contributed by atoms with Gasteiger partial charge in [0.15, 0.2) is 5.41 Å².